The zero-order chi connectivity index (χ0) is 22.5. The summed E-state index contributed by atoms with van der Waals surface area (Å²) in [5.41, 5.74) is 0.600. The molecule has 160 valence electrons. The minimum Gasteiger partial charge on any atom is -0.452 e. The number of carbonyl (C=O) groups is 2. The Balaban J connectivity index is 1.83. The fourth-order valence-corrected chi connectivity index (χ4v) is 3.54. The van der Waals surface area contributed by atoms with Crippen LogP contribution in [-0.4, -0.2) is 42.5 Å². The second kappa shape index (κ2) is 9.71. The fourth-order valence-electron chi connectivity index (χ4n) is 2.25. The van der Waals surface area contributed by atoms with Crippen molar-refractivity contribution in [1.82, 2.24) is 14.3 Å². The average molecular weight is 454 g/mol. The topological polar surface area (TPSA) is 143 Å². The van der Waals surface area contributed by atoms with E-state index >= 15 is 0 Å². The van der Waals surface area contributed by atoms with Gasteiger partial charge in [-0.1, -0.05) is 11.6 Å². The Bertz CT molecular complexity index is 1090. The molecule has 0 radical (unpaired) electrons. The summed E-state index contributed by atoms with van der Waals surface area (Å²) >= 11 is 5.90. The Hall–Kier alpha value is -2.94. The maximum absolute atomic E-state index is 12.2. The van der Waals surface area contributed by atoms with E-state index in [2.05, 4.69) is 15.0 Å². The van der Waals surface area contributed by atoms with Crippen molar-refractivity contribution in [1.29, 1.82) is 5.26 Å². The van der Waals surface area contributed by atoms with Gasteiger partial charge < -0.3 is 14.6 Å². The van der Waals surface area contributed by atoms with Crippen molar-refractivity contribution >= 4 is 39.2 Å². The molecular weight excluding hydrogens is 434 g/mol. The van der Waals surface area contributed by atoms with Crippen molar-refractivity contribution in [3.63, 3.8) is 0 Å². The van der Waals surface area contributed by atoms with Gasteiger partial charge in [0, 0.05) is 25.5 Å². The summed E-state index contributed by atoms with van der Waals surface area (Å²) in [7, 11) is -2.19. The van der Waals surface area contributed by atoms with E-state index in [1.54, 1.807) is 18.5 Å². The zero-order valence-electron chi connectivity index (χ0n) is 16.5. The van der Waals surface area contributed by atoms with Gasteiger partial charge in [0.05, 0.1) is 17.0 Å². The number of imidazole rings is 1. The first-order valence-corrected chi connectivity index (χ1v) is 10.6. The minimum atomic E-state index is -3.86. The smallest absolute Gasteiger partial charge is 0.307 e. The summed E-state index contributed by atoms with van der Waals surface area (Å²) in [6.45, 7) is 2.82. The second-order valence-electron chi connectivity index (χ2n) is 6.31. The molecule has 1 unspecified atom stereocenters. The summed E-state index contributed by atoms with van der Waals surface area (Å²) in [6.07, 6.45) is -0.0367. The van der Waals surface area contributed by atoms with E-state index in [4.69, 9.17) is 21.6 Å². The van der Waals surface area contributed by atoms with Crippen LogP contribution in [-0.2, 0) is 31.4 Å². The Morgan fingerprint density at radius 1 is 1.40 bits per heavy atom. The minimum absolute atomic E-state index is 0.148. The number of ether oxygens (including phenoxy) is 1. The highest BCUT2D eigenvalue weighted by Crippen LogP contribution is 2.20. The van der Waals surface area contributed by atoms with Crippen LogP contribution < -0.4 is 10.0 Å². The van der Waals surface area contributed by atoms with Gasteiger partial charge in [-0.2, -0.15) is 5.26 Å². The number of esters is 1. The van der Waals surface area contributed by atoms with E-state index in [1.165, 1.54) is 31.3 Å². The van der Waals surface area contributed by atoms with E-state index in [9.17, 15) is 18.0 Å². The van der Waals surface area contributed by atoms with Crippen LogP contribution in [0.1, 0.15) is 24.7 Å². The third-order valence-electron chi connectivity index (χ3n) is 4.02. The molecule has 0 saturated heterocycles. The lowest BCUT2D eigenvalue weighted by molar-refractivity contribution is -0.152. The number of nitriles is 1. The Labute approximate surface area is 178 Å². The first kappa shape index (κ1) is 23.3. The molecule has 1 aromatic heterocycles. The fraction of sp³-hybridized carbons (Fsp3) is 0.333. The van der Waals surface area contributed by atoms with Gasteiger partial charge >= 0.3 is 5.97 Å². The third kappa shape index (κ3) is 6.03. The standard InChI is InChI=1S/C18H20ClN5O5S/c1-11(18(26)23-14-5-4-13(9-20)15(19)8-14)29-17(25)6-7-21-30(27,28)16-10-24(3)12(2)22-16/h4-5,8,10-11,21H,6-7H2,1-3H3,(H,23,26). The van der Waals surface area contributed by atoms with E-state index in [0.717, 1.165) is 0 Å². The van der Waals surface area contributed by atoms with Crippen LogP contribution in [0.5, 0.6) is 0 Å². The number of aryl methyl sites for hydroxylation is 2. The van der Waals surface area contributed by atoms with E-state index in [0.29, 0.717) is 11.5 Å². The van der Waals surface area contributed by atoms with Gasteiger partial charge in [0.1, 0.15) is 11.9 Å². The molecule has 1 amide bonds. The van der Waals surface area contributed by atoms with Crippen molar-refractivity contribution < 1.29 is 22.7 Å². The Kier molecular flexibility index (Phi) is 7.55. The Morgan fingerprint density at radius 2 is 2.10 bits per heavy atom. The molecule has 1 heterocycles. The number of benzene rings is 1. The first-order chi connectivity index (χ1) is 14.0. The highest BCUT2D eigenvalue weighted by molar-refractivity contribution is 7.89. The monoisotopic (exact) mass is 453 g/mol. The maximum Gasteiger partial charge on any atom is 0.307 e. The number of carbonyl (C=O) groups excluding carboxylic acids is 2. The number of hydrogen-bond donors (Lipinski definition) is 2. The number of nitrogens with one attached hydrogen (secondary N) is 2. The van der Waals surface area contributed by atoms with Gasteiger partial charge in [0.15, 0.2) is 11.1 Å². The number of rotatable bonds is 8. The summed E-state index contributed by atoms with van der Waals surface area (Å²) in [5, 5.41) is 11.4. The van der Waals surface area contributed by atoms with Crippen molar-refractivity contribution in [2.45, 2.75) is 31.4 Å². The number of aromatic nitrogens is 2. The summed E-state index contributed by atoms with van der Waals surface area (Å²) in [4.78, 5) is 28.0. The van der Waals surface area contributed by atoms with Crippen LogP contribution in [0, 0.1) is 18.3 Å². The summed E-state index contributed by atoms with van der Waals surface area (Å²) < 4.78 is 33.1. The normalized spacial score (nSPS) is 12.1. The second-order valence-corrected chi connectivity index (χ2v) is 8.43. The summed E-state index contributed by atoms with van der Waals surface area (Å²) in [5.74, 6) is -0.831. The molecule has 0 spiro atoms. The lowest BCUT2D eigenvalue weighted by Gasteiger charge is -2.14. The lowest BCUT2D eigenvalue weighted by atomic mass is 10.2. The van der Waals surface area contributed by atoms with Gasteiger partial charge in [0.25, 0.3) is 15.9 Å². The highest BCUT2D eigenvalue weighted by Gasteiger charge is 2.21. The molecule has 2 aromatic rings. The number of anilines is 1. The largest absolute Gasteiger partial charge is 0.452 e. The number of hydrogen-bond acceptors (Lipinski definition) is 7. The van der Waals surface area contributed by atoms with Gasteiger partial charge in [-0.05, 0) is 32.0 Å². The van der Waals surface area contributed by atoms with Gasteiger partial charge in [-0.25, -0.2) is 18.1 Å². The zero-order valence-corrected chi connectivity index (χ0v) is 18.0. The third-order valence-corrected chi connectivity index (χ3v) is 5.66. The molecule has 2 N–H and O–H groups in total. The summed E-state index contributed by atoms with van der Waals surface area (Å²) in [6, 6.07) is 6.24. The van der Waals surface area contributed by atoms with Crippen molar-refractivity contribution in [2.24, 2.45) is 7.05 Å². The molecule has 30 heavy (non-hydrogen) atoms. The van der Waals surface area contributed by atoms with Crippen molar-refractivity contribution in [3.8, 4) is 6.07 Å². The number of amides is 1. The van der Waals surface area contributed by atoms with Crippen molar-refractivity contribution in [2.75, 3.05) is 11.9 Å². The predicted molar refractivity (Wildman–Crippen MR) is 108 cm³/mol. The van der Waals surface area contributed by atoms with Crippen LogP contribution in [0.3, 0.4) is 0 Å². The maximum atomic E-state index is 12.2. The van der Waals surface area contributed by atoms with E-state index in [-0.39, 0.29) is 28.6 Å². The molecule has 0 aliphatic carbocycles. The highest BCUT2D eigenvalue weighted by atomic mass is 35.5. The molecular formula is C18H20ClN5O5S. The average Bonchev–Trinajstić information content (AvgIpc) is 3.01. The molecule has 12 heteroatoms. The molecule has 1 aromatic carbocycles. The van der Waals surface area contributed by atoms with Crippen LogP contribution >= 0.6 is 11.6 Å². The molecule has 10 nitrogen and oxygen atoms in total. The number of sulfonamides is 1. The van der Waals surface area contributed by atoms with Gasteiger partial charge in [-0.15, -0.1) is 0 Å². The van der Waals surface area contributed by atoms with Crippen LogP contribution in [0.2, 0.25) is 5.02 Å². The first-order valence-electron chi connectivity index (χ1n) is 8.73. The number of nitrogens with zero attached hydrogens (tertiary/aromatic N) is 3. The molecule has 1 atom stereocenters. The van der Waals surface area contributed by atoms with E-state index < -0.39 is 28.0 Å². The van der Waals surface area contributed by atoms with Gasteiger partial charge in [-0.3, -0.25) is 9.59 Å². The van der Waals surface area contributed by atoms with E-state index in [1.807, 2.05) is 6.07 Å². The van der Waals surface area contributed by atoms with Crippen LogP contribution in [0.4, 0.5) is 5.69 Å². The molecule has 0 aliphatic rings. The van der Waals surface area contributed by atoms with Gasteiger partial charge in [0.2, 0.25) is 0 Å². The lowest BCUT2D eigenvalue weighted by Crippen LogP contribution is -2.32. The predicted octanol–water partition coefficient (Wildman–Crippen LogP) is 1.49. The molecule has 0 aliphatic heterocycles. The Morgan fingerprint density at radius 3 is 2.67 bits per heavy atom. The SMILES string of the molecule is Cc1nc(S(=O)(=O)NCCC(=O)OC(C)C(=O)Nc2ccc(C#N)c(Cl)c2)cn1C. The number of halogens is 1. The quantitative estimate of drug-likeness (QED) is 0.576. The molecule has 2 rings (SSSR count). The molecule has 0 bridgehead atoms. The molecule has 0 saturated carbocycles. The van der Waals surface area contributed by atoms with Crippen molar-refractivity contribution in [3.05, 3.63) is 40.8 Å². The van der Waals surface area contributed by atoms with Crippen LogP contribution in [0.25, 0.3) is 0 Å². The van der Waals surface area contributed by atoms with Crippen LogP contribution in [0.15, 0.2) is 29.4 Å². The molecule has 0 fully saturated rings.